The number of nitrogens with zero attached hydrogens (tertiary/aromatic N) is 1. The van der Waals surface area contributed by atoms with Crippen LogP contribution in [0.5, 0.6) is 0 Å². The second kappa shape index (κ2) is 6.58. The van der Waals surface area contributed by atoms with E-state index in [1.807, 2.05) is 0 Å². The smallest absolute Gasteiger partial charge is 0.215 e. The number of nitrogens with two attached hydrogens (primary N) is 2. The van der Waals surface area contributed by atoms with Gasteiger partial charge in [-0.15, -0.1) is 4.99 Å². The SMILES string of the molecule is CC(C)(C)CCCN=C(N)NOON. The summed E-state index contributed by atoms with van der Waals surface area (Å²) in [6.45, 7) is 7.21. The predicted octanol–water partition coefficient (Wildman–Crippen LogP) is 0.454. The Balaban J connectivity index is 3.51. The van der Waals surface area contributed by atoms with Crippen molar-refractivity contribution in [3.63, 3.8) is 0 Å². The van der Waals surface area contributed by atoms with Gasteiger partial charge in [0.05, 0.1) is 0 Å². The Morgan fingerprint density at radius 3 is 2.57 bits per heavy atom. The Hall–Kier alpha value is -0.850. The zero-order chi connectivity index (χ0) is 11.0. The molecule has 0 atom stereocenters. The second-order valence-electron chi connectivity index (χ2n) is 4.21. The van der Waals surface area contributed by atoms with E-state index >= 15 is 0 Å². The van der Waals surface area contributed by atoms with Gasteiger partial charge in [-0.05, 0) is 18.3 Å². The minimum Gasteiger partial charge on any atom is -0.368 e. The van der Waals surface area contributed by atoms with Gasteiger partial charge in [-0.1, -0.05) is 25.8 Å². The van der Waals surface area contributed by atoms with Crippen molar-refractivity contribution in [3.05, 3.63) is 0 Å². The van der Waals surface area contributed by atoms with Crippen molar-refractivity contribution in [3.8, 4) is 0 Å². The summed E-state index contributed by atoms with van der Waals surface area (Å²) >= 11 is 0. The molecule has 6 nitrogen and oxygen atoms in total. The van der Waals surface area contributed by atoms with Crippen molar-refractivity contribution < 1.29 is 9.98 Å². The molecule has 0 rings (SSSR count). The van der Waals surface area contributed by atoms with Crippen molar-refractivity contribution in [2.75, 3.05) is 6.54 Å². The van der Waals surface area contributed by atoms with Crippen LogP contribution in [0.1, 0.15) is 33.6 Å². The van der Waals surface area contributed by atoms with Crippen LogP contribution in [0.25, 0.3) is 0 Å². The van der Waals surface area contributed by atoms with Gasteiger partial charge in [-0.25, -0.2) is 5.48 Å². The molecule has 84 valence electrons. The van der Waals surface area contributed by atoms with Crippen molar-refractivity contribution in [2.24, 2.45) is 22.0 Å². The fraction of sp³-hybridized carbons (Fsp3) is 0.875. The van der Waals surface area contributed by atoms with E-state index < -0.39 is 0 Å². The molecule has 0 aliphatic heterocycles. The van der Waals surface area contributed by atoms with Gasteiger partial charge in [0.25, 0.3) is 0 Å². The average Bonchev–Trinajstić information content (AvgIpc) is 2.07. The van der Waals surface area contributed by atoms with E-state index in [0.717, 1.165) is 12.8 Å². The van der Waals surface area contributed by atoms with Crippen molar-refractivity contribution in [1.29, 1.82) is 0 Å². The van der Waals surface area contributed by atoms with Crippen LogP contribution in [0.2, 0.25) is 0 Å². The molecule has 0 saturated heterocycles. The number of rotatable bonds is 5. The van der Waals surface area contributed by atoms with Crippen LogP contribution in [-0.2, 0) is 9.98 Å². The summed E-state index contributed by atoms with van der Waals surface area (Å²) in [7, 11) is 0. The Kier molecular flexibility index (Phi) is 6.18. The Bertz CT molecular complexity index is 177. The topological polar surface area (TPSA) is 94.9 Å². The first kappa shape index (κ1) is 13.2. The molecule has 0 aliphatic rings. The maximum Gasteiger partial charge on any atom is 0.215 e. The van der Waals surface area contributed by atoms with E-state index in [2.05, 4.69) is 47.1 Å². The van der Waals surface area contributed by atoms with Crippen molar-refractivity contribution in [1.82, 2.24) is 5.48 Å². The molecule has 0 amide bonds. The minimum atomic E-state index is 0.157. The highest BCUT2D eigenvalue weighted by atomic mass is 17.3. The molecule has 0 aromatic heterocycles. The molecule has 0 heterocycles. The Morgan fingerprint density at radius 1 is 1.43 bits per heavy atom. The highest BCUT2D eigenvalue weighted by Crippen LogP contribution is 2.20. The normalized spacial score (nSPS) is 13.0. The van der Waals surface area contributed by atoms with Gasteiger partial charge in [0.15, 0.2) is 0 Å². The third kappa shape index (κ3) is 9.24. The third-order valence-corrected chi connectivity index (χ3v) is 1.56. The summed E-state index contributed by atoms with van der Waals surface area (Å²) < 4.78 is 0. The molecule has 0 aliphatic carbocycles. The summed E-state index contributed by atoms with van der Waals surface area (Å²) in [5, 5.41) is 0. The van der Waals surface area contributed by atoms with Gasteiger partial charge in [-0.2, -0.15) is 5.90 Å². The van der Waals surface area contributed by atoms with E-state index in [-0.39, 0.29) is 5.96 Å². The molecule has 14 heavy (non-hydrogen) atoms. The molecule has 0 unspecified atom stereocenters. The molecular formula is C8H20N4O2. The lowest BCUT2D eigenvalue weighted by Gasteiger charge is -2.16. The predicted molar refractivity (Wildman–Crippen MR) is 54.7 cm³/mol. The summed E-state index contributed by atoms with van der Waals surface area (Å²) in [5.41, 5.74) is 7.93. The van der Waals surface area contributed by atoms with Gasteiger partial charge >= 0.3 is 0 Å². The van der Waals surface area contributed by atoms with E-state index in [1.165, 1.54) is 0 Å². The Morgan fingerprint density at radius 2 is 2.07 bits per heavy atom. The highest BCUT2D eigenvalue weighted by molar-refractivity contribution is 5.76. The van der Waals surface area contributed by atoms with E-state index in [9.17, 15) is 0 Å². The van der Waals surface area contributed by atoms with Crippen molar-refractivity contribution >= 4 is 5.96 Å². The molecule has 5 N–H and O–H groups in total. The van der Waals surface area contributed by atoms with Gasteiger partial charge in [-0.3, -0.25) is 4.99 Å². The zero-order valence-electron chi connectivity index (χ0n) is 9.04. The first-order valence-electron chi connectivity index (χ1n) is 4.54. The summed E-state index contributed by atoms with van der Waals surface area (Å²) in [5.74, 6) is 4.75. The fourth-order valence-corrected chi connectivity index (χ4v) is 0.908. The second-order valence-corrected chi connectivity index (χ2v) is 4.21. The quantitative estimate of drug-likeness (QED) is 0.199. The average molecular weight is 204 g/mol. The first-order valence-corrected chi connectivity index (χ1v) is 4.54. The lowest BCUT2D eigenvalue weighted by atomic mass is 9.91. The van der Waals surface area contributed by atoms with Gasteiger partial charge in [0, 0.05) is 6.54 Å². The van der Waals surface area contributed by atoms with Crippen molar-refractivity contribution in [2.45, 2.75) is 33.6 Å². The lowest BCUT2D eigenvalue weighted by molar-refractivity contribution is -0.326. The number of nitrogens with one attached hydrogen (secondary N) is 1. The van der Waals surface area contributed by atoms with E-state index in [1.54, 1.807) is 0 Å². The molecule has 0 aromatic rings. The van der Waals surface area contributed by atoms with E-state index in [0.29, 0.717) is 12.0 Å². The minimum absolute atomic E-state index is 0.157. The number of guanidine groups is 1. The maximum absolute atomic E-state index is 5.39. The van der Waals surface area contributed by atoms with Crippen LogP contribution >= 0.6 is 0 Å². The molecular weight excluding hydrogens is 184 g/mol. The van der Waals surface area contributed by atoms with Gasteiger partial charge < -0.3 is 5.73 Å². The molecule has 0 fully saturated rings. The van der Waals surface area contributed by atoms with Crippen LogP contribution < -0.4 is 17.1 Å². The van der Waals surface area contributed by atoms with Crippen LogP contribution in [-0.4, -0.2) is 12.5 Å². The summed E-state index contributed by atoms with van der Waals surface area (Å²) in [4.78, 5) is 12.0. The zero-order valence-corrected chi connectivity index (χ0v) is 9.04. The maximum atomic E-state index is 5.39. The molecule has 0 saturated carbocycles. The molecule has 6 heteroatoms. The highest BCUT2D eigenvalue weighted by Gasteiger charge is 2.08. The van der Waals surface area contributed by atoms with Gasteiger partial charge in [0.1, 0.15) is 0 Å². The molecule has 0 radical (unpaired) electrons. The monoisotopic (exact) mass is 204 g/mol. The Labute approximate surface area is 84.5 Å². The third-order valence-electron chi connectivity index (χ3n) is 1.56. The van der Waals surface area contributed by atoms with Gasteiger partial charge in [0.2, 0.25) is 5.96 Å². The summed E-state index contributed by atoms with van der Waals surface area (Å²) in [6, 6.07) is 0. The molecule has 0 bridgehead atoms. The van der Waals surface area contributed by atoms with Crippen LogP contribution in [0.15, 0.2) is 4.99 Å². The van der Waals surface area contributed by atoms with Crippen LogP contribution in [0.4, 0.5) is 0 Å². The largest absolute Gasteiger partial charge is 0.368 e. The fourth-order valence-electron chi connectivity index (χ4n) is 0.908. The van der Waals surface area contributed by atoms with E-state index in [4.69, 9.17) is 5.73 Å². The summed E-state index contributed by atoms with van der Waals surface area (Å²) in [6.07, 6.45) is 2.08. The number of aliphatic imine (C=N–C) groups is 1. The molecule has 0 spiro atoms. The first-order chi connectivity index (χ1) is 6.45. The number of hydrogen-bond donors (Lipinski definition) is 3. The standard InChI is InChI=1S/C8H20N4O2/c1-8(2,3)5-4-6-11-7(9)12-14-13-10/h4-6,10H2,1-3H3,(H3,9,11,12). The number of hydroxylamine groups is 1. The number of hydrogen-bond acceptors (Lipinski definition) is 4. The molecule has 0 aromatic carbocycles. The van der Waals surface area contributed by atoms with Crippen LogP contribution in [0, 0.1) is 5.41 Å². The van der Waals surface area contributed by atoms with Crippen LogP contribution in [0.3, 0.4) is 0 Å². The lowest BCUT2D eigenvalue weighted by Crippen LogP contribution is -2.32.